The molecule has 0 amide bonds. The van der Waals surface area contributed by atoms with Crippen molar-refractivity contribution in [2.75, 3.05) is 0 Å². The SMILES string of the molecule is Cc1ccc(CO[Si](C)(C)C(C)(C)C)c(F)c1. The van der Waals surface area contributed by atoms with Crippen LogP contribution in [0.3, 0.4) is 0 Å². The highest BCUT2D eigenvalue weighted by molar-refractivity contribution is 6.74. The predicted octanol–water partition coefficient (Wildman–Crippen LogP) is 4.66. The fraction of sp³-hybridized carbons (Fsp3) is 0.571. The lowest BCUT2D eigenvalue weighted by Gasteiger charge is -2.36. The topological polar surface area (TPSA) is 9.23 Å². The molecule has 0 N–H and O–H groups in total. The molecule has 0 bridgehead atoms. The Morgan fingerprint density at radius 1 is 1.24 bits per heavy atom. The van der Waals surface area contributed by atoms with Crippen LogP contribution in [0, 0.1) is 12.7 Å². The van der Waals surface area contributed by atoms with Crippen molar-refractivity contribution in [2.45, 2.75) is 52.4 Å². The Morgan fingerprint density at radius 2 is 1.82 bits per heavy atom. The second-order valence-corrected chi connectivity index (χ2v) is 11.0. The minimum Gasteiger partial charge on any atom is -0.412 e. The normalized spacial score (nSPS) is 12.9. The lowest BCUT2D eigenvalue weighted by atomic mass is 10.1. The number of rotatable bonds is 3. The molecule has 0 atom stereocenters. The molecule has 17 heavy (non-hydrogen) atoms. The Labute approximate surface area is 105 Å². The first-order valence-electron chi connectivity index (χ1n) is 6.02. The number of aryl methyl sites for hydroxylation is 1. The third-order valence-electron chi connectivity index (χ3n) is 3.60. The fourth-order valence-electron chi connectivity index (χ4n) is 1.24. The van der Waals surface area contributed by atoms with E-state index in [0.717, 1.165) is 5.56 Å². The zero-order valence-electron chi connectivity index (χ0n) is 11.7. The summed E-state index contributed by atoms with van der Waals surface area (Å²) in [7, 11) is -1.79. The van der Waals surface area contributed by atoms with E-state index in [1.165, 1.54) is 0 Å². The zero-order valence-corrected chi connectivity index (χ0v) is 12.7. The summed E-state index contributed by atoms with van der Waals surface area (Å²) in [6.07, 6.45) is 0. The van der Waals surface area contributed by atoms with Crippen LogP contribution < -0.4 is 0 Å². The maximum Gasteiger partial charge on any atom is 0.192 e. The summed E-state index contributed by atoms with van der Waals surface area (Å²) in [4.78, 5) is 0. The van der Waals surface area contributed by atoms with Gasteiger partial charge in [-0.2, -0.15) is 0 Å². The molecule has 1 aromatic rings. The fourth-order valence-corrected chi connectivity index (χ4v) is 2.19. The largest absolute Gasteiger partial charge is 0.412 e. The van der Waals surface area contributed by atoms with E-state index in [2.05, 4.69) is 33.9 Å². The molecule has 0 saturated heterocycles. The summed E-state index contributed by atoms with van der Waals surface area (Å²) in [5.74, 6) is -0.163. The summed E-state index contributed by atoms with van der Waals surface area (Å²) >= 11 is 0. The number of hydrogen-bond donors (Lipinski definition) is 0. The van der Waals surface area contributed by atoms with Gasteiger partial charge in [-0.3, -0.25) is 0 Å². The molecule has 1 rings (SSSR count). The molecule has 3 heteroatoms. The Morgan fingerprint density at radius 3 is 2.29 bits per heavy atom. The van der Waals surface area contributed by atoms with Crippen molar-refractivity contribution in [3.8, 4) is 0 Å². The molecule has 0 aliphatic heterocycles. The smallest absolute Gasteiger partial charge is 0.192 e. The van der Waals surface area contributed by atoms with Gasteiger partial charge in [0.05, 0.1) is 6.61 Å². The van der Waals surface area contributed by atoms with E-state index >= 15 is 0 Å². The highest BCUT2D eigenvalue weighted by Crippen LogP contribution is 2.37. The van der Waals surface area contributed by atoms with Crippen molar-refractivity contribution < 1.29 is 8.82 Å². The molecule has 0 heterocycles. The Hall–Kier alpha value is -0.673. The Bertz CT molecular complexity index is 394. The van der Waals surface area contributed by atoms with Gasteiger partial charge in [0, 0.05) is 5.56 Å². The van der Waals surface area contributed by atoms with Crippen molar-refractivity contribution in [2.24, 2.45) is 0 Å². The van der Waals surface area contributed by atoms with Gasteiger partial charge in [-0.25, -0.2) is 4.39 Å². The van der Waals surface area contributed by atoms with Gasteiger partial charge in [-0.1, -0.05) is 32.9 Å². The molecule has 0 spiro atoms. The van der Waals surface area contributed by atoms with Crippen LogP contribution in [0.25, 0.3) is 0 Å². The number of hydrogen-bond acceptors (Lipinski definition) is 1. The second-order valence-electron chi connectivity index (χ2n) is 6.14. The molecule has 0 fully saturated rings. The highest BCUT2D eigenvalue weighted by Gasteiger charge is 2.37. The van der Waals surface area contributed by atoms with Crippen LogP contribution in [0.15, 0.2) is 18.2 Å². The summed E-state index contributed by atoms with van der Waals surface area (Å²) in [6.45, 7) is 13.2. The molecule has 0 aromatic heterocycles. The van der Waals surface area contributed by atoms with Crippen LogP contribution in [0.1, 0.15) is 31.9 Å². The molecule has 0 saturated carbocycles. The van der Waals surface area contributed by atoms with E-state index < -0.39 is 8.32 Å². The van der Waals surface area contributed by atoms with Crippen LogP contribution in [0.5, 0.6) is 0 Å². The molecule has 0 radical (unpaired) electrons. The van der Waals surface area contributed by atoms with Crippen LogP contribution in [-0.4, -0.2) is 8.32 Å². The second kappa shape index (κ2) is 4.90. The molecule has 1 nitrogen and oxygen atoms in total. The first-order chi connectivity index (χ1) is 7.63. The maximum atomic E-state index is 13.7. The quantitative estimate of drug-likeness (QED) is 0.713. The Balaban J connectivity index is 2.74. The molecular weight excluding hydrogens is 231 g/mol. The number of halogens is 1. The lowest BCUT2D eigenvalue weighted by Crippen LogP contribution is -2.40. The average Bonchev–Trinajstić information content (AvgIpc) is 2.14. The van der Waals surface area contributed by atoms with E-state index in [0.29, 0.717) is 12.2 Å². The van der Waals surface area contributed by atoms with E-state index in [4.69, 9.17) is 4.43 Å². The van der Waals surface area contributed by atoms with Crippen LogP contribution >= 0.6 is 0 Å². The maximum absolute atomic E-state index is 13.7. The molecular formula is C14H23FOSi. The van der Waals surface area contributed by atoms with Crippen LogP contribution in [-0.2, 0) is 11.0 Å². The van der Waals surface area contributed by atoms with Crippen LogP contribution in [0.2, 0.25) is 18.1 Å². The molecule has 0 aliphatic rings. The van der Waals surface area contributed by atoms with Gasteiger partial charge in [-0.15, -0.1) is 0 Å². The van der Waals surface area contributed by atoms with Crippen molar-refractivity contribution in [3.63, 3.8) is 0 Å². The minimum atomic E-state index is -1.79. The van der Waals surface area contributed by atoms with Crippen molar-refractivity contribution in [3.05, 3.63) is 35.1 Å². The van der Waals surface area contributed by atoms with Gasteiger partial charge >= 0.3 is 0 Å². The van der Waals surface area contributed by atoms with Crippen molar-refractivity contribution in [1.82, 2.24) is 0 Å². The van der Waals surface area contributed by atoms with Gasteiger partial charge in [0.2, 0.25) is 0 Å². The van der Waals surface area contributed by atoms with E-state index in [1.807, 2.05) is 19.1 Å². The molecule has 1 aromatic carbocycles. The molecule has 0 aliphatic carbocycles. The van der Waals surface area contributed by atoms with Crippen LogP contribution in [0.4, 0.5) is 4.39 Å². The third kappa shape index (κ3) is 3.65. The van der Waals surface area contributed by atoms with E-state index in [9.17, 15) is 4.39 Å². The summed E-state index contributed by atoms with van der Waals surface area (Å²) in [5.41, 5.74) is 1.60. The minimum absolute atomic E-state index is 0.161. The summed E-state index contributed by atoms with van der Waals surface area (Å²) in [6, 6.07) is 5.30. The summed E-state index contributed by atoms with van der Waals surface area (Å²) in [5, 5.41) is 0.161. The van der Waals surface area contributed by atoms with E-state index in [-0.39, 0.29) is 10.9 Å². The predicted molar refractivity (Wildman–Crippen MR) is 73.1 cm³/mol. The average molecular weight is 254 g/mol. The van der Waals surface area contributed by atoms with Gasteiger partial charge in [0.25, 0.3) is 0 Å². The standard InChI is InChI=1S/C14H23FOSi/c1-11-7-8-12(13(15)9-11)10-16-17(5,6)14(2,3)4/h7-9H,10H2,1-6H3. The summed E-state index contributed by atoms with van der Waals surface area (Å²) < 4.78 is 19.7. The monoisotopic (exact) mass is 254 g/mol. The number of benzene rings is 1. The highest BCUT2D eigenvalue weighted by atomic mass is 28.4. The first-order valence-corrected chi connectivity index (χ1v) is 8.93. The van der Waals surface area contributed by atoms with Gasteiger partial charge < -0.3 is 4.43 Å². The van der Waals surface area contributed by atoms with Gasteiger partial charge in [0.1, 0.15) is 5.82 Å². The van der Waals surface area contributed by atoms with Gasteiger partial charge in [-0.05, 0) is 36.7 Å². The van der Waals surface area contributed by atoms with Crippen molar-refractivity contribution >= 4 is 8.32 Å². The van der Waals surface area contributed by atoms with Crippen molar-refractivity contribution in [1.29, 1.82) is 0 Å². The van der Waals surface area contributed by atoms with Gasteiger partial charge in [0.15, 0.2) is 8.32 Å². The Kier molecular flexibility index (Phi) is 4.15. The molecule has 96 valence electrons. The lowest BCUT2D eigenvalue weighted by molar-refractivity contribution is 0.271. The zero-order chi connectivity index (χ0) is 13.3. The van der Waals surface area contributed by atoms with E-state index in [1.54, 1.807) is 6.07 Å². The third-order valence-corrected chi connectivity index (χ3v) is 8.08. The molecule has 0 unspecified atom stereocenters. The first kappa shape index (κ1) is 14.4.